The molecule has 1 atom stereocenters. The summed E-state index contributed by atoms with van der Waals surface area (Å²) in [6.07, 6.45) is -0.480. The van der Waals surface area contributed by atoms with Gasteiger partial charge in [-0.25, -0.2) is 0 Å². The van der Waals surface area contributed by atoms with Crippen LogP contribution in [0.2, 0.25) is 0 Å². The van der Waals surface area contributed by atoms with Gasteiger partial charge in [-0.3, -0.25) is 4.79 Å². The summed E-state index contributed by atoms with van der Waals surface area (Å²) in [5.41, 5.74) is 0.963. The van der Waals surface area contributed by atoms with Gasteiger partial charge in [-0.2, -0.15) is 13.2 Å². The van der Waals surface area contributed by atoms with Crippen molar-refractivity contribution in [1.82, 2.24) is 0 Å². The molecule has 0 bridgehead atoms. The molecule has 102 valence electrons. The molecule has 6 heteroatoms. The van der Waals surface area contributed by atoms with Gasteiger partial charge in [-0.1, -0.05) is 12.0 Å². The summed E-state index contributed by atoms with van der Waals surface area (Å²) in [4.78, 5) is 11.6. The van der Waals surface area contributed by atoms with Crippen molar-refractivity contribution in [2.45, 2.75) is 19.2 Å². The zero-order chi connectivity index (χ0) is 14.5. The van der Waals surface area contributed by atoms with E-state index in [2.05, 4.69) is 16.0 Å². The van der Waals surface area contributed by atoms with Crippen LogP contribution in [0.25, 0.3) is 0 Å². The third-order valence-corrected chi connectivity index (χ3v) is 2.16. The molecule has 1 unspecified atom stereocenters. The number of carbonyl (C=O) groups excluding carboxylic acids is 1. The van der Waals surface area contributed by atoms with Crippen LogP contribution in [-0.4, -0.2) is 24.8 Å². The number of ether oxygens (including phenoxy) is 1. The molecule has 0 spiro atoms. The first-order chi connectivity index (χ1) is 8.81. The quantitative estimate of drug-likeness (QED) is 0.855. The second-order valence-electron chi connectivity index (χ2n) is 3.78. The molecule has 0 saturated carbocycles. The van der Waals surface area contributed by atoms with Crippen molar-refractivity contribution in [2.24, 2.45) is 0 Å². The predicted molar refractivity (Wildman–Crippen MR) is 64.5 cm³/mol. The Balaban J connectivity index is 2.57. The Morgan fingerprint density at radius 1 is 1.53 bits per heavy atom. The molecule has 19 heavy (non-hydrogen) atoms. The molecular formula is C13H12F3NO2. The van der Waals surface area contributed by atoms with E-state index >= 15 is 0 Å². The number of anilines is 1. The van der Waals surface area contributed by atoms with Gasteiger partial charge in [0.25, 0.3) is 5.91 Å². The average Bonchev–Trinajstić information content (AvgIpc) is 2.35. The third-order valence-electron chi connectivity index (χ3n) is 2.16. The predicted octanol–water partition coefficient (Wildman–Crippen LogP) is 2.57. The molecule has 3 nitrogen and oxygen atoms in total. The fourth-order valence-electron chi connectivity index (χ4n) is 1.23. The number of hydrogen-bond acceptors (Lipinski definition) is 2. The number of terminal acetylenes is 1. The molecule has 1 aromatic carbocycles. The molecule has 0 aliphatic heterocycles. The number of rotatable bonds is 4. The number of carbonyl (C=O) groups is 1. The van der Waals surface area contributed by atoms with Gasteiger partial charge in [0.1, 0.15) is 12.7 Å². The van der Waals surface area contributed by atoms with Gasteiger partial charge in [0.15, 0.2) is 0 Å². The van der Waals surface area contributed by atoms with E-state index in [1.54, 1.807) is 18.2 Å². The zero-order valence-electron chi connectivity index (χ0n) is 10.1. The van der Waals surface area contributed by atoms with Crippen molar-refractivity contribution in [3.05, 3.63) is 29.8 Å². The van der Waals surface area contributed by atoms with Crippen LogP contribution in [0.15, 0.2) is 24.3 Å². The van der Waals surface area contributed by atoms with E-state index in [1.165, 1.54) is 13.0 Å². The Kier molecular flexibility index (Phi) is 4.95. The van der Waals surface area contributed by atoms with E-state index < -0.39 is 24.8 Å². The van der Waals surface area contributed by atoms with E-state index in [9.17, 15) is 18.0 Å². The van der Waals surface area contributed by atoms with Crippen LogP contribution >= 0.6 is 0 Å². The highest BCUT2D eigenvalue weighted by molar-refractivity contribution is 5.94. The highest BCUT2D eigenvalue weighted by Crippen LogP contribution is 2.16. The SMILES string of the molecule is C#Cc1cccc(NC(=O)C(C)OCC(F)(F)F)c1. The van der Waals surface area contributed by atoms with Gasteiger partial charge in [-0.05, 0) is 25.1 Å². The summed E-state index contributed by atoms with van der Waals surface area (Å²) in [7, 11) is 0. The molecule has 1 aromatic rings. The van der Waals surface area contributed by atoms with E-state index in [1.807, 2.05) is 0 Å². The molecule has 1 amide bonds. The van der Waals surface area contributed by atoms with Crippen molar-refractivity contribution >= 4 is 11.6 Å². The Labute approximate surface area is 108 Å². The summed E-state index contributed by atoms with van der Waals surface area (Å²) in [6, 6.07) is 6.41. The highest BCUT2D eigenvalue weighted by Gasteiger charge is 2.29. The molecule has 0 fully saturated rings. The number of halogens is 3. The molecule has 0 aromatic heterocycles. The van der Waals surface area contributed by atoms with Gasteiger partial charge in [0.2, 0.25) is 0 Å². The van der Waals surface area contributed by atoms with Crippen LogP contribution in [0.4, 0.5) is 18.9 Å². The summed E-state index contributed by atoms with van der Waals surface area (Å²) in [5.74, 6) is 1.72. The van der Waals surface area contributed by atoms with E-state index in [4.69, 9.17) is 6.42 Å². The molecule has 0 aliphatic rings. The van der Waals surface area contributed by atoms with Crippen LogP contribution in [0.5, 0.6) is 0 Å². The van der Waals surface area contributed by atoms with Crippen molar-refractivity contribution in [3.63, 3.8) is 0 Å². The minimum atomic E-state index is -4.46. The summed E-state index contributed by atoms with van der Waals surface area (Å²) < 4.78 is 40.2. The van der Waals surface area contributed by atoms with Gasteiger partial charge in [-0.15, -0.1) is 6.42 Å². The third kappa shape index (κ3) is 5.44. The fourth-order valence-corrected chi connectivity index (χ4v) is 1.23. The standard InChI is InChI=1S/C13H12F3NO2/c1-3-10-5-4-6-11(7-10)17-12(18)9(2)19-8-13(14,15)16/h1,4-7,9H,8H2,2H3,(H,17,18). The average molecular weight is 271 g/mol. The summed E-state index contributed by atoms with van der Waals surface area (Å²) in [6.45, 7) is -0.224. The first kappa shape index (κ1) is 15.1. The zero-order valence-corrected chi connectivity index (χ0v) is 10.1. The molecule has 1 N–H and O–H groups in total. The number of hydrogen-bond donors (Lipinski definition) is 1. The lowest BCUT2D eigenvalue weighted by Gasteiger charge is -2.14. The molecule has 1 rings (SSSR count). The van der Waals surface area contributed by atoms with E-state index in [0.29, 0.717) is 11.3 Å². The van der Waals surface area contributed by atoms with Crippen LogP contribution in [0, 0.1) is 12.3 Å². The van der Waals surface area contributed by atoms with Gasteiger partial charge in [0, 0.05) is 11.3 Å². The normalized spacial score (nSPS) is 12.6. The Bertz CT molecular complexity index is 491. The van der Waals surface area contributed by atoms with Crippen LogP contribution in [-0.2, 0) is 9.53 Å². The molecule has 0 radical (unpaired) electrons. The van der Waals surface area contributed by atoms with E-state index in [-0.39, 0.29) is 0 Å². The van der Waals surface area contributed by atoms with E-state index in [0.717, 1.165) is 0 Å². The number of nitrogens with one attached hydrogen (secondary N) is 1. The van der Waals surface area contributed by atoms with Crippen LogP contribution in [0.3, 0.4) is 0 Å². The topological polar surface area (TPSA) is 38.3 Å². The molecular weight excluding hydrogens is 259 g/mol. The largest absolute Gasteiger partial charge is 0.411 e. The van der Waals surface area contributed by atoms with Crippen molar-refractivity contribution in [1.29, 1.82) is 0 Å². The Hall–Kier alpha value is -2.00. The Morgan fingerprint density at radius 3 is 2.79 bits per heavy atom. The maximum Gasteiger partial charge on any atom is 0.411 e. The van der Waals surface area contributed by atoms with Gasteiger partial charge < -0.3 is 10.1 Å². The van der Waals surface area contributed by atoms with Crippen molar-refractivity contribution in [3.8, 4) is 12.3 Å². The highest BCUT2D eigenvalue weighted by atomic mass is 19.4. The van der Waals surface area contributed by atoms with Crippen molar-refractivity contribution in [2.75, 3.05) is 11.9 Å². The lowest BCUT2D eigenvalue weighted by atomic mass is 10.2. The van der Waals surface area contributed by atoms with Crippen molar-refractivity contribution < 1.29 is 22.7 Å². The fraction of sp³-hybridized carbons (Fsp3) is 0.308. The second-order valence-corrected chi connectivity index (χ2v) is 3.78. The van der Waals surface area contributed by atoms with Crippen LogP contribution in [0.1, 0.15) is 12.5 Å². The summed E-state index contributed by atoms with van der Waals surface area (Å²) in [5, 5.41) is 2.43. The maximum atomic E-state index is 11.9. The number of alkyl halides is 3. The van der Waals surface area contributed by atoms with Gasteiger partial charge >= 0.3 is 6.18 Å². The Morgan fingerprint density at radius 2 is 2.21 bits per heavy atom. The van der Waals surface area contributed by atoms with Crippen LogP contribution < -0.4 is 5.32 Å². The monoisotopic (exact) mass is 271 g/mol. The summed E-state index contributed by atoms with van der Waals surface area (Å²) >= 11 is 0. The minimum absolute atomic E-state index is 0.405. The number of amides is 1. The maximum absolute atomic E-state index is 11.9. The van der Waals surface area contributed by atoms with Gasteiger partial charge in [0.05, 0.1) is 0 Å². The number of benzene rings is 1. The second kappa shape index (κ2) is 6.25. The molecule has 0 saturated heterocycles. The first-order valence-corrected chi connectivity index (χ1v) is 5.38. The smallest absolute Gasteiger partial charge is 0.359 e. The lowest BCUT2D eigenvalue weighted by molar-refractivity contribution is -0.184. The molecule has 0 heterocycles. The minimum Gasteiger partial charge on any atom is -0.359 e. The lowest BCUT2D eigenvalue weighted by Crippen LogP contribution is -2.31. The first-order valence-electron chi connectivity index (χ1n) is 5.38. The molecule has 0 aliphatic carbocycles.